The third kappa shape index (κ3) is 1.81. The highest BCUT2D eigenvalue weighted by Gasteiger charge is 2.26. The van der Waals surface area contributed by atoms with E-state index in [1.165, 1.54) is 12.8 Å². The molecule has 1 aliphatic rings. The zero-order valence-corrected chi connectivity index (χ0v) is 6.47. The Hall–Kier alpha value is -0.370. The van der Waals surface area contributed by atoms with Gasteiger partial charge in [0, 0.05) is 6.42 Å². The Labute approximate surface area is 61.8 Å². The van der Waals surface area contributed by atoms with E-state index in [0.29, 0.717) is 5.92 Å². The van der Waals surface area contributed by atoms with Crippen LogP contribution in [0.15, 0.2) is 0 Å². The first-order chi connectivity index (χ1) is 4.72. The molecule has 0 aromatic carbocycles. The summed E-state index contributed by atoms with van der Waals surface area (Å²) < 4.78 is 0. The van der Waals surface area contributed by atoms with E-state index in [2.05, 4.69) is 6.92 Å². The second kappa shape index (κ2) is 3.15. The highest BCUT2D eigenvalue weighted by atomic mass is 16.1. The Morgan fingerprint density at radius 2 is 2.20 bits per heavy atom. The van der Waals surface area contributed by atoms with E-state index in [1.54, 1.807) is 0 Å². The van der Waals surface area contributed by atoms with E-state index in [1.807, 2.05) is 0 Å². The minimum atomic E-state index is 0.219. The van der Waals surface area contributed by atoms with E-state index < -0.39 is 0 Å². The first-order valence-corrected chi connectivity index (χ1v) is 3.94. The molecule has 1 aliphatic carbocycles. The summed E-state index contributed by atoms with van der Waals surface area (Å²) >= 11 is 0. The predicted molar refractivity (Wildman–Crippen MR) is 40.6 cm³/mol. The Morgan fingerprint density at radius 1 is 1.60 bits per heavy atom. The maximum Gasteiger partial charge on any atom is 0.146 e. The van der Waals surface area contributed by atoms with Crippen molar-refractivity contribution in [3.8, 4) is 0 Å². The molecule has 0 bridgehead atoms. The Kier molecular flexibility index (Phi) is 2.44. The third-order valence-corrected chi connectivity index (χ3v) is 2.22. The average molecular weight is 141 g/mol. The van der Waals surface area contributed by atoms with Crippen molar-refractivity contribution in [3.63, 3.8) is 0 Å². The second-order valence-corrected chi connectivity index (χ2v) is 3.39. The molecule has 0 aromatic heterocycles. The first kappa shape index (κ1) is 7.73. The van der Waals surface area contributed by atoms with Crippen LogP contribution in [0.25, 0.3) is 0 Å². The fourth-order valence-electron chi connectivity index (χ4n) is 1.64. The molecule has 0 saturated heterocycles. The number of hydrogen-bond acceptors (Lipinski definition) is 2. The van der Waals surface area contributed by atoms with Gasteiger partial charge in [0.05, 0.1) is 6.54 Å². The normalized spacial score (nSPS) is 31.4. The standard InChI is InChI=1S/C8H15NO/c1-6-2-7(3-6)4-8(10)5-9/h6-7H,2-5,9H2,1H3. The number of carbonyl (C=O) groups excluding carboxylic acids is 1. The van der Waals surface area contributed by atoms with Crippen LogP contribution in [0.2, 0.25) is 0 Å². The lowest BCUT2D eigenvalue weighted by Crippen LogP contribution is -2.26. The molecule has 0 atom stereocenters. The highest BCUT2D eigenvalue weighted by molar-refractivity contribution is 5.80. The van der Waals surface area contributed by atoms with Crippen molar-refractivity contribution in [2.45, 2.75) is 26.2 Å². The molecule has 1 saturated carbocycles. The quantitative estimate of drug-likeness (QED) is 0.636. The zero-order valence-electron chi connectivity index (χ0n) is 6.47. The van der Waals surface area contributed by atoms with Gasteiger partial charge in [-0.1, -0.05) is 6.92 Å². The monoisotopic (exact) mass is 141 g/mol. The van der Waals surface area contributed by atoms with Gasteiger partial charge in [-0.2, -0.15) is 0 Å². The van der Waals surface area contributed by atoms with Crippen LogP contribution in [0.5, 0.6) is 0 Å². The number of ketones is 1. The van der Waals surface area contributed by atoms with Crippen molar-refractivity contribution in [3.05, 3.63) is 0 Å². The molecular formula is C8H15NO. The smallest absolute Gasteiger partial charge is 0.146 e. The molecule has 2 heteroatoms. The second-order valence-electron chi connectivity index (χ2n) is 3.39. The summed E-state index contributed by atoms with van der Waals surface area (Å²) in [7, 11) is 0. The fraction of sp³-hybridized carbons (Fsp3) is 0.875. The maximum atomic E-state index is 10.8. The molecule has 0 heterocycles. The van der Waals surface area contributed by atoms with Crippen molar-refractivity contribution < 1.29 is 4.79 Å². The Balaban J connectivity index is 2.10. The van der Waals surface area contributed by atoms with Gasteiger partial charge in [-0.3, -0.25) is 4.79 Å². The topological polar surface area (TPSA) is 43.1 Å². The van der Waals surface area contributed by atoms with Crippen LogP contribution >= 0.6 is 0 Å². The van der Waals surface area contributed by atoms with Crippen molar-refractivity contribution >= 4 is 5.78 Å². The molecular weight excluding hydrogens is 126 g/mol. The zero-order chi connectivity index (χ0) is 7.56. The molecule has 1 fully saturated rings. The molecule has 2 nitrogen and oxygen atoms in total. The molecule has 0 aromatic rings. The molecule has 0 radical (unpaired) electrons. The first-order valence-electron chi connectivity index (χ1n) is 3.94. The van der Waals surface area contributed by atoms with Crippen LogP contribution in [-0.4, -0.2) is 12.3 Å². The van der Waals surface area contributed by atoms with Crippen molar-refractivity contribution in [1.82, 2.24) is 0 Å². The fourth-order valence-corrected chi connectivity index (χ4v) is 1.64. The third-order valence-electron chi connectivity index (χ3n) is 2.22. The van der Waals surface area contributed by atoms with Gasteiger partial charge in [0.2, 0.25) is 0 Å². The lowest BCUT2D eigenvalue weighted by atomic mass is 9.74. The minimum Gasteiger partial charge on any atom is -0.324 e. The number of rotatable bonds is 3. The van der Waals surface area contributed by atoms with E-state index in [0.717, 1.165) is 12.3 Å². The van der Waals surface area contributed by atoms with Gasteiger partial charge < -0.3 is 5.73 Å². The molecule has 0 aliphatic heterocycles. The van der Waals surface area contributed by atoms with Gasteiger partial charge in [0.1, 0.15) is 5.78 Å². The summed E-state index contributed by atoms with van der Waals surface area (Å²) in [6.45, 7) is 2.45. The van der Waals surface area contributed by atoms with Gasteiger partial charge in [-0.15, -0.1) is 0 Å². The van der Waals surface area contributed by atoms with Crippen LogP contribution in [0.4, 0.5) is 0 Å². The minimum absolute atomic E-state index is 0.219. The van der Waals surface area contributed by atoms with Gasteiger partial charge in [0.15, 0.2) is 0 Å². The van der Waals surface area contributed by atoms with E-state index in [9.17, 15) is 4.79 Å². The number of hydrogen-bond donors (Lipinski definition) is 1. The number of Topliss-reactive ketones (excluding diaryl/α,β-unsaturated/α-hetero) is 1. The Bertz CT molecular complexity index is 127. The van der Waals surface area contributed by atoms with Gasteiger partial charge in [-0.25, -0.2) is 0 Å². The van der Waals surface area contributed by atoms with Gasteiger partial charge in [0.25, 0.3) is 0 Å². The number of nitrogens with two attached hydrogens (primary N) is 1. The van der Waals surface area contributed by atoms with Crippen molar-refractivity contribution in [2.75, 3.05) is 6.54 Å². The lowest BCUT2D eigenvalue weighted by Gasteiger charge is -2.31. The van der Waals surface area contributed by atoms with Crippen LogP contribution < -0.4 is 5.73 Å². The predicted octanol–water partition coefficient (Wildman–Crippen LogP) is 0.950. The summed E-state index contributed by atoms with van der Waals surface area (Å²) in [6.07, 6.45) is 3.18. The van der Waals surface area contributed by atoms with E-state index in [4.69, 9.17) is 5.73 Å². The summed E-state index contributed by atoms with van der Waals surface area (Å²) in [5.41, 5.74) is 5.18. The summed E-state index contributed by atoms with van der Waals surface area (Å²) in [6, 6.07) is 0. The summed E-state index contributed by atoms with van der Waals surface area (Å²) in [5, 5.41) is 0. The molecule has 0 spiro atoms. The van der Waals surface area contributed by atoms with Gasteiger partial charge >= 0.3 is 0 Å². The van der Waals surface area contributed by atoms with Crippen LogP contribution in [0.1, 0.15) is 26.2 Å². The van der Waals surface area contributed by atoms with Crippen LogP contribution in [-0.2, 0) is 4.79 Å². The Morgan fingerprint density at radius 3 is 2.60 bits per heavy atom. The molecule has 0 amide bonds. The lowest BCUT2D eigenvalue weighted by molar-refractivity contribution is -0.119. The van der Waals surface area contributed by atoms with Crippen molar-refractivity contribution in [2.24, 2.45) is 17.6 Å². The van der Waals surface area contributed by atoms with Crippen molar-refractivity contribution in [1.29, 1.82) is 0 Å². The summed E-state index contributed by atoms with van der Waals surface area (Å²) in [4.78, 5) is 10.8. The SMILES string of the molecule is CC1CC(CC(=O)CN)C1. The van der Waals surface area contributed by atoms with Crippen LogP contribution in [0.3, 0.4) is 0 Å². The largest absolute Gasteiger partial charge is 0.324 e. The molecule has 2 N–H and O–H groups in total. The molecule has 58 valence electrons. The molecule has 10 heavy (non-hydrogen) atoms. The average Bonchev–Trinajstić information content (AvgIpc) is 1.84. The van der Waals surface area contributed by atoms with Gasteiger partial charge in [-0.05, 0) is 24.7 Å². The highest BCUT2D eigenvalue weighted by Crippen LogP contribution is 2.35. The molecule has 1 rings (SSSR count). The van der Waals surface area contributed by atoms with E-state index in [-0.39, 0.29) is 12.3 Å². The summed E-state index contributed by atoms with van der Waals surface area (Å²) in [5.74, 6) is 1.72. The maximum absolute atomic E-state index is 10.8. The molecule has 0 unspecified atom stereocenters. The van der Waals surface area contributed by atoms with E-state index >= 15 is 0 Å². The number of carbonyl (C=O) groups is 1. The van der Waals surface area contributed by atoms with Crippen LogP contribution in [0, 0.1) is 11.8 Å².